The van der Waals surface area contributed by atoms with Crippen molar-refractivity contribution in [2.45, 2.75) is 235 Å². The van der Waals surface area contributed by atoms with Gasteiger partial charge in [0.05, 0.1) is 46.2 Å². The minimum Gasteiger partial charge on any atom is -0.394 e. The molecule has 39 heteroatoms. The molecule has 7 fully saturated rings. The second kappa shape index (κ2) is 30.8. The van der Waals surface area contributed by atoms with Crippen molar-refractivity contribution in [1.82, 2.24) is 10.6 Å². The molecule has 7 aliphatic heterocycles. The number of nitrogens with one attached hydrogen (secondary N) is 2. The normalized spacial score (nSPS) is 49.8. The molecule has 2 amide bonds. The number of carbonyl (C=O) groups is 2. The zero-order valence-corrected chi connectivity index (χ0v) is 45.7. The van der Waals surface area contributed by atoms with Crippen LogP contribution in [0, 0.1) is 0 Å². The average Bonchev–Trinajstić information content (AvgIpc) is 3.20. The van der Waals surface area contributed by atoms with Crippen LogP contribution in [-0.4, -0.2) is 391 Å². The topological polar surface area (TPSA) is 623 Å². The first kappa shape index (κ1) is 71.0. The number of amides is 2. The van der Waals surface area contributed by atoms with E-state index < -0.39 is 279 Å². The predicted octanol–water partition coefficient (Wildman–Crippen LogP) is -16.6. The standard InChI is InChI=1S/C47H80N2O37/c1-10(57)48-19-25(63)21(59)12(3-50)74-42(19)84-38-20(49-11(2)58)43(75-14(5-52)23(38)61)85-39-24(62)15(6-53)77-47(34(39)72)83-36-17(8-55)79-46(33(71)29(36)67)82-35-16(7-54)78-44(32(70)28(35)66)80-18(9-56)37-40(27(65)30(68)41(73)81-37)86-45-31(69)26(64)22(60)13(4-51)76-45/h12-47,50-56,59-73H,3-9H2,1-2H3,(H,48,57)(H,49,58)/t12-,13-,14-,15-,16-,17-,18+,19-,20-,21-,22-,23-,24+,25-,26+,27-,28-,29-,30+,31-,32-,33-,34-,35-,36+,37-,38-,39+,40+,41+,42-,43+,44+,45+,46+,47-/m1/s1. The SMILES string of the molecule is CC(=O)N[C@H]1[C@@H](O[C@H]2[C@H](O)[C@@H](CO)O[C@@H](O[C@H]3[C@@H](O)[C@@H](CO)O[C@H](O[C@@H]4[C@H](O)[C@@H](O)[C@H](O[C@H]5[C@H](O)[C@@H](O)[C@H](O[C@@H](CO)[C@H]6O[C@H](O)[C@@H](O)[C@@H](O)[C@@H]6O[C@@H]6O[C@H](CO)[C@@H](O)[C@H](O)[C@H]6O)O[C@@H]5CO)O[C@@H]4CO)[C@@H]3O)[C@@H]2NC(C)=O)O[C@H](CO)[C@@H](O)[C@@H]1O. The van der Waals surface area contributed by atoms with Crippen LogP contribution in [0.4, 0.5) is 0 Å². The van der Waals surface area contributed by atoms with E-state index in [-0.39, 0.29) is 0 Å². The average molecular weight is 1270 g/mol. The lowest BCUT2D eigenvalue weighted by Gasteiger charge is -2.50. The highest BCUT2D eigenvalue weighted by Crippen LogP contribution is 2.38. The molecule has 0 saturated carbocycles. The summed E-state index contributed by atoms with van der Waals surface area (Å²) in [5.41, 5.74) is 0. The third-order valence-corrected chi connectivity index (χ3v) is 15.7. The van der Waals surface area contributed by atoms with E-state index in [0.29, 0.717) is 0 Å². The highest BCUT2D eigenvalue weighted by atomic mass is 16.8. The first-order valence-electron chi connectivity index (χ1n) is 27.2. The van der Waals surface area contributed by atoms with Crippen LogP contribution in [0.5, 0.6) is 0 Å². The highest BCUT2D eigenvalue weighted by molar-refractivity contribution is 5.73. The minimum absolute atomic E-state index is 0.767. The van der Waals surface area contributed by atoms with Gasteiger partial charge in [-0.15, -0.1) is 0 Å². The van der Waals surface area contributed by atoms with Crippen molar-refractivity contribution in [3.63, 3.8) is 0 Å². The Morgan fingerprint density at radius 2 is 0.686 bits per heavy atom. The van der Waals surface area contributed by atoms with Crippen molar-refractivity contribution in [3.05, 3.63) is 0 Å². The lowest BCUT2D eigenvalue weighted by atomic mass is 9.93. The lowest BCUT2D eigenvalue weighted by molar-refractivity contribution is -0.393. The number of carbonyl (C=O) groups excluding carboxylic acids is 2. The largest absolute Gasteiger partial charge is 0.394 e. The molecule has 0 radical (unpaired) electrons. The minimum atomic E-state index is -2.30. The van der Waals surface area contributed by atoms with E-state index in [1.807, 2.05) is 0 Å². The molecule has 39 nitrogen and oxygen atoms in total. The van der Waals surface area contributed by atoms with E-state index in [2.05, 4.69) is 10.6 Å². The molecule has 0 aliphatic carbocycles. The molecular formula is C47H80N2O37. The highest BCUT2D eigenvalue weighted by Gasteiger charge is 2.59. The zero-order chi connectivity index (χ0) is 63.5. The van der Waals surface area contributed by atoms with Gasteiger partial charge in [-0.3, -0.25) is 9.59 Å². The van der Waals surface area contributed by atoms with Gasteiger partial charge in [0.1, 0.15) is 177 Å². The summed E-state index contributed by atoms with van der Waals surface area (Å²) in [6.45, 7) is -5.24. The predicted molar refractivity (Wildman–Crippen MR) is 261 cm³/mol. The molecule has 0 aromatic heterocycles. The van der Waals surface area contributed by atoms with Crippen LogP contribution in [-0.2, 0) is 71.2 Å². The van der Waals surface area contributed by atoms with Gasteiger partial charge in [0.2, 0.25) is 11.8 Å². The molecule has 7 saturated heterocycles. The molecular weight excluding hydrogens is 1180 g/mol. The fourth-order valence-electron chi connectivity index (χ4n) is 11.0. The Kier molecular flexibility index (Phi) is 25.4. The van der Waals surface area contributed by atoms with Gasteiger partial charge in [0.25, 0.3) is 0 Å². The van der Waals surface area contributed by atoms with Crippen molar-refractivity contribution in [1.29, 1.82) is 0 Å². The van der Waals surface area contributed by atoms with E-state index in [9.17, 15) is 122 Å². The Labute approximate surface area is 486 Å². The molecule has 7 heterocycles. The van der Waals surface area contributed by atoms with Gasteiger partial charge >= 0.3 is 0 Å². The number of aliphatic hydroxyl groups is 22. The molecule has 0 spiro atoms. The molecule has 0 bridgehead atoms. The molecule has 0 unspecified atom stereocenters. The Morgan fingerprint density at radius 1 is 0.337 bits per heavy atom. The zero-order valence-electron chi connectivity index (χ0n) is 45.7. The van der Waals surface area contributed by atoms with Gasteiger partial charge < -0.3 is 185 Å². The van der Waals surface area contributed by atoms with Crippen LogP contribution < -0.4 is 10.6 Å². The fraction of sp³-hybridized carbons (Fsp3) is 0.957. The maximum Gasteiger partial charge on any atom is 0.217 e. The van der Waals surface area contributed by atoms with E-state index >= 15 is 0 Å². The van der Waals surface area contributed by atoms with Crippen LogP contribution in [0.3, 0.4) is 0 Å². The molecule has 7 rings (SSSR count). The molecule has 24 N–H and O–H groups in total. The Bertz CT molecular complexity index is 2110. The third-order valence-electron chi connectivity index (χ3n) is 15.7. The van der Waals surface area contributed by atoms with Crippen LogP contribution in [0.2, 0.25) is 0 Å². The number of ether oxygens (including phenoxy) is 13. The first-order chi connectivity index (χ1) is 40.7. The molecule has 86 heavy (non-hydrogen) atoms. The van der Waals surface area contributed by atoms with Crippen molar-refractivity contribution in [2.75, 3.05) is 46.2 Å². The maximum absolute atomic E-state index is 12.7. The van der Waals surface area contributed by atoms with Crippen molar-refractivity contribution in [2.24, 2.45) is 0 Å². The quantitative estimate of drug-likeness (QED) is 0.0479. The van der Waals surface area contributed by atoms with Gasteiger partial charge in [-0.25, -0.2) is 0 Å². The smallest absolute Gasteiger partial charge is 0.217 e. The summed E-state index contributed by atoms with van der Waals surface area (Å²) in [5.74, 6) is -1.63. The first-order valence-corrected chi connectivity index (χ1v) is 27.2. The molecule has 36 atom stereocenters. The van der Waals surface area contributed by atoms with Gasteiger partial charge in [0.15, 0.2) is 44.0 Å². The second-order valence-electron chi connectivity index (χ2n) is 21.5. The number of aliphatic hydroxyl groups excluding tert-OH is 22. The Balaban J connectivity index is 1.04. The van der Waals surface area contributed by atoms with E-state index in [0.717, 1.165) is 13.8 Å². The molecule has 500 valence electrons. The van der Waals surface area contributed by atoms with Gasteiger partial charge in [-0.05, 0) is 0 Å². The number of hydrogen-bond acceptors (Lipinski definition) is 37. The van der Waals surface area contributed by atoms with Gasteiger partial charge in [0, 0.05) is 13.8 Å². The summed E-state index contributed by atoms with van der Waals surface area (Å²) in [5, 5.41) is 241. The van der Waals surface area contributed by atoms with Crippen LogP contribution in [0.15, 0.2) is 0 Å². The van der Waals surface area contributed by atoms with Crippen LogP contribution in [0.1, 0.15) is 13.8 Å². The summed E-state index contributed by atoms with van der Waals surface area (Å²) < 4.78 is 74.0. The van der Waals surface area contributed by atoms with Crippen LogP contribution in [0.25, 0.3) is 0 Å². The summed E-state index contributed by atoms with van der Waals surface area (Å²) in [6, 6.07) is -3.37. The van der Waals surface area contributed by atoms with Crippen molar-refractivity contribution in [3.8, 4) is 0 Å². The third kappa shape index (κ3) is 15.0. The Morgan fingerprint density at radius 3 is 1.17 bits per heavy atom. The van der Waals surface area contributed by atoms with Gasteiger partial charge in [-0.2, -0.15) is 0 Å². The monoisotopic (exact) mass is 1260 g/mol. The molecule has 0 aromatic rings. The summed E-state index contributed by atoms with van der Waals surface area (Å²) in [7, 11) is 0. The number of rotatable bonds is 22. The fourth-order valence-corrected chi connectivity index (χ4v) is 11.0. The van der Waals surface area contributed by atoms with Crippen LogP contribution >= 0.6 is 0 Å². The summed E-state index contributed by atoms with van der Waals surface area (Å²) in [6.07, 6.45) is -67.6. The molecule has 7 aliphatic rings. The maximum atomic E-state index is 12.7. The van der Waals surface area contributed by atoms with Crippen molar-refractivity contribution >= 4 is 11.8 Å². The Hall–Kier alpha value is -2.46. The summed E-state index contributed by atoms with van der Waals surface area (Å²) in [4.78, 5) is 24.9. The molecule has 0 aromatic carbocycles. The van der Waals surface area contributed by atoms with Gasteiger partial charge in [-0.1, -0.05) is 0 Å². The van der Waals surface area contributed by atoms with E-state index in [1.54, 1.807) is 0 Å². The van der Waals surface area contributed by atoms with E-state index in [4.69, 9.17) is 61.6 Å². The van der Waals surface area contributed by atoms with E-state index in [1.165, 1.54) is 0 Å². The lowest BCUT2D eigenvalue weighted by Crippen LogP contribution is -2.71. The number of hydrogen-bond donors (Lipinski definition) is 24. The summed E-state index contributed by atoms with van der Waals surface area (Å²) >= 11 is 0. The van der Waals surface area contributed by atoms with Crippen molar-refractivity contribution < 1.29 is 184 Å². The second-order valence-corrected chi connectivity index (χ2v) is 21.5.